The van der Waals surface area contributed by atoms with Crippen molar-refractivity contribution in [2.24, 2.45) is 0 Å². The van der Waals surface area contributed by atoms with Crippen LogP contribution < -0.4 is 5.32 Å². The molecule has 1 N–H and O–H groups in total. The fourth-order valence-electron chi connectivity index (χ4n) is 2.91. The lowest BCUT2D eigenvalue weighted by Crippen LogP contribution is -2.14. The second kappa shape index (κ2) is 7.05. The summed E-state index contributed by atoms with van der Waals surface area (Å²) in [6, 6.07) is 21.6. The first-order valence-electron chi connectivity index (χ1n) is 8.26. The van der Waals surface area contributed by atoms with E-state index in [9.17, 15) is 9.59 Å². The molecular weight excluding hydrogens is 362 g/mol. The number of nitrogens with one attached hydrogen (secondary N) is 1. The number of anilines is 1. The smallest absolute Gasteiger partial charge is 0.255 e. The molecule has 0 saturated heterocycles. The topological polar surface area (TPSA) is 64.0 Å². The third-order valence-electron chi connectivity index (χ3n) is 4.23. The number of hydrogen-bond donors (Lipinski definition) is 1. The van der Waals surface area contributed by atoms with E-state index in [-0.39, 0.29) is 11.5 Å². The molecule has 0 saturated carbocycles. The van der Waals surface area contributed by atoms with Gasteiger partial charge in [-0.15, -0.1) is 0 Å². The lowest BCUT2D eigenvalue weighted by atomic mass is 10.1. The van der Waals surface area contributed by atoms with Crippen molar-refractivity contribution in [3.63, 3.8) is 0 Å². The molecule has 6 heteroatoms. The zero-order valence-electron chi connectivity index (χ0n) is 14.1. The van der Waals surface area contributed by atoms with Crippen molar-refractivity contribution in [3.05, 3.63) is 90.3 Å². The maximum absolute atomic E-state index is 12.5. The predicted octanol–water partition coefficient (Wildman–Crippen LogP) is 4.66. The normalized spacial score (nSPS) is 10.7. The Morgan fingerprint density at radius 3 is 2.44 bits per heavy atom. The summed E-state index contributed by atoms with van der Waals surface area (Å²) < 4.78 is 1.88. The molecule has 0 atom stereocenters. The molecule has 0 radical (unpaired) electrons. The van der Waals surface area contributed by atoms with Crippen molar-refractivity contribution in [2.45, 2.75) is 0 Å². The largest absolute Gasteiger partial charge is 0.321 e. The van der Waals surface area contributed by atoms with E-state index in [1.807, 2.05) is 34.9 Å². The van der Waals surface area contributed by atoms with E-state index in [4.69, 9.17) is 11.6 Å². The summed E-state index contributed by atoms with van der Waals surface area (Å²) in [5, 5.41) is 2.14. The molecule has 0 aliphatic rings. The molecule has 4 rings (SSSR count). The Morgan fingerprint density at radius 1 is 0.926 bits per heavy atom. The molecule has 3 aromatic carbocycles. The average Bonchev–Trinajstić information content (AvgIpc) is 3.12. The summed E-state index contributed by atoms with van der Waals surface area (Å²) in [5.41, 5.74) is 3.60. The summed E-state index contributed by atoms with van der Waals surface area (Å²) in [4.78, 5) is 28.7. The van der Waals surface area contributed by atoms with Crippen molar-refractivity contribution in [2.75, 3.05) is 5.32 Å². The first kappa shape index (κ1) is 17.0. The molecule has 0 bridgehead atoms. The minimum atomic E-state index is -0.639. The zero-order chi connectivity index (χ0) is 18.8. The Kier molecular flexibility index (Phi) is 4.44. The molecule has 0 unspecified atom stereocenters. The van der Waals surface area contributed by atoms with Crippen molar-refractivity contribution < 1.29 is 9.59 Å². The highest BCUT2D eigenvalue weighted by atomic mass is 35.5. The van der Waals surface area contributed by atoms with E-state index in [2.05, 4.69) is 10.3 Å². The van der Waals surface area contributed by atoms with Gasteiger partial charge in [-0.1, -0.05) is 30.3 Å². The number of imidazole rings is 1. The molecule has 1 amide bonds. The Labute approximate surface area is 160 Å². The van der Waals surface area contributed by atoms with Gasteiger partial charge in [0, 0.05) is 11.3 Å². The van der Waals surface area contributed by atoms with Crippen LogP contribution in [0.2, 0.25) is 0 Å². The van der Waals surface area contributed by atoms with Gasteiger partial charge in [-0.05, 0) is 54.1 Å². The van der Waals surface area contributed by atoms with Gasteiger partial charge in [-0.3, -0.25) is 14.2 Å². The molecular formula is C21H14ClN3O2. The molecule has 0 aliphatic heterocycles. The van der Waals surface area contributed by atoms with Crippen LogP contribution in [0.25, 0.3) is 16.7 Å². The molecule has 0 spiro atoms. The predicted molar refractivity (Wildman–Crippen MR) is 106 cm³/mol. The number of rotatable bonds is 4. The second-order valence-corrected chi connectivity index (χ2v) is 6.27. The van der Waals surface area contributed by atoms with Crippen LogP contribution in [0.15, 0.2) is 79.1 Å². The lowest BCUT2D eigenvalue weighted by Gasteiger charge is -2.12. The van der Waals surface area contributed by atoms with Gasteiger partial charge in [0.2, 0.25) is 0 Å². The third kappa shape index (κ3) is 3.32. The number of carbonyl (C=O) groups is 2. The van der Waals surface area contributed by atoms with E-state index in [0.717, 1.165) is 16.7 Å². The monoisotopic (exact) mass is 375 g/mol. The molecule has 132 valence electrons. The minimum Gasteiger partial charge on any atom is -0.321 e. The number of carbonyl (C=O) groups excluding carboxylic acids is 2. The van der Waals surface area contributed by atoms with Gasteiger partial charge < -0.3 is 5.32 Å². The SMILES string of the molecule is O=C(Nc1cc(-n2cnc3ccccc32)ccc1C(=O)Cl)c1ccccc1. The van der Waals surface area contributed by atoms with Gasteiger partial charge in [0.05, 0.1) is 22.3 Å². The van der Waals surface area contributed by atoms with Crippen molar-refractivity contribution >= 4 is 39.5 Å². The minimum absolute atomic E-state index is 0.231. The van der Waals surface area contributed by atoms with Crippen LogP contribution in [0, 0.1) is 0 Å². The average molecular weight is 376 g/mol. The summed E-state index contributed by atoms with van der Waals surface area (Å²) in [6.45, 7) is 0. The molecule has 1 heterocycles. The van der Waals surface area contributed by atoms with E-state index in [1.54, 1.807) is 48.8 Å². The van der Waals surface area contributed by atoms with E-state index in [0.29, 0.717) is 11.3 Å². The van der Waals surface area contributed by atoms with Crippen LogP contribution in [0.5, 0.6) is 0 Å². The fraction of sp³-hybridized carbons (Fsp3) is 0. The number of aromatic nitrogens is 2. The van der Waals surface area contributed by atoms with Gasteiger partial charge in [-0.25, -0.2) is 4.98 Å². The maximum Gasteiger partial charge on any atom is 0.255 e. The number of nitrogens with zero attached hydrogens (tertiary/aromatic N) is 2. The van der Waals surface area contributed by atoms with E-state index < -0.39 is 5.24 Å². The quantitative estimate of drug-likeness (QED) is 0.528. The Balaban J connectivity index is 1.77. The van der Waals surface area contributed by atoms with E-state index >= 15 is 0 Å². The van der Waals surface area contributed by atoms with Crippen molar-refractivity contribution in [1.82, 2.24) is 9.55 Å². The molecule has 27 heavy (non-hydrogen) atoms. The molecule has 5 nitrogen and oxygen atoms in total. The number of hydrogen-bond acceptors (Lipinski definition) is 3. The number of halogens is 1. The van der Waals surface area contributed by atoms with Gasteiger partial charge in [0.1, 0.15) is 6.33 Å². The van der Waals surface area contributed by atoms with Crippen molar-refractivity contribution in [3.8, 4) is 5.69 Å². The second-order valence-electron chi connectivity index (χ2n) is 5.93. The number of para-hydroxylation sites is 2. The van der Waals surface area contributed by atoms with Crippen LogP contribution in [-0.2, 0) is 0 Å². The molecule has 1 aromatic heterocycles. The van der Waals surface area contributed by atoms with Crippen LogP contribution in [-0.4, -0.2) is 20.7 Å². The number of amides is 1. The molecule has 0 aliphatic carbocycles. The summed E-state index contributed by atoms with van der Waals surface area (Å²) in [5.74, 6) is -0.317. The maximum atomic E-state index is 12.5. The first-order chi connectivity index (χ1) is 13.1. The fourth-order valence-corrected chi connectivity index (χ4v) is 3.07. The summed E-state index contributed by atoms with van der Waals surface area (Å²) >= 11 is 5.70. The van der Waals surface area contributed by atoms with Gasteiger partial charge in [0.25, 0.3) is 11.1 Å². The first-order valence-corrected chi connectivity index (χ1v) is 8.64. The lowest BCUT2D eigenvalue weighted by molar-refractivity contribution is 0.102. The molecule has 4 aromatic rings. The number of benzene rings is 3. The Hall–Kier alpha value is -3.44. The van der Waals surface area contributed by atoms with Gasteiger partial charge in [-0.2, -0.15) is 0 Å². The van der Waals surface area contributed by atoms with E-state index in [1.165, 1.54) is 0 Å². The highest BCUT2D eigenvalue weighted by Gasteiger charge is 2.15. The summed E-state index contributed by atoms with van der Waals surface area (Å²) in [6.07, 6.45) is 1.70. The zero-order valence-corrected chi connectivity index (χ0v) is 14.9. The van der Waals surface area contributed by atoms with Crippen LogP contribution in [0.3, 0.4) is 0 Å². The Morgan fingerprint density at radius 2 is 1.67 bits per heavy atom. The highest BCUT2D eigenvalue weighted by molar-refractivity contribution is 6.68. The standard InChI is InChI=1S/C21H14ClN3O2/c22-20(26)16-11-10-15(25-13-23-17-8-4-5-9-19(17)25)12-18(16)24-21(27)14-6-2-1-3-7-14/h1-13H,(H,24,27). The number of fused-ring (bicyclic) bond motifs is 1. The van der Waals surface area contributed by atoms with Crippen LogP contribution in [0.1, 0.15) is 20.7 Å². The third-order valence-corrected chi connectivity index (χ3v) is 4.43. The highest BCUT2D eigenvalue weighted by Crippen LogP contribution is 2.25. The molecule has 0 fully saturated rings. The van der Waals surface area contributed by atoms with Gasteiger partial charge >= 0.3 is 0 Å². The van der Waals surface area contributed by atoms with Crippen LogP contribution >= 0.6 is 11.6 Å². The van der Waals surface area contributed by atoms with Crippen LogP contribution in [0.4, 0.5) is 5.69 Å². The van der Waals surface area contributed by atoms with Crippen molar-refractivity contribution in [1.29, 1.82) is 0 Å². The Bertz CT molecular complexity index is 1150. The summed E-state index contributed by atoms with van der Waals surface area (Å²) in [7, 11) is 0. The van der Waals surface area contributed by atoms with Gasteiger partial charge in [0.15, 0.2) is 0 Å².